The third-order valence-corrected chi connectivity index (χ3v) is 3.77. The Bertz CT molecular complexity index is 446. The molecule has 1 aromatic rings. The first-order valence-electron chi connectivity index (χ1n) is 5.76. The van der Waals surface area contributed by atoms with Gasteiger partial charge in [0.15, 0.2) is 0 Å². The quantitative estimate of drug-likeness (QED) is 0.647. The van der Waals surface area contributed by atoms with E-state index in [1.54, 1.807) is 19.1 Å². The Morgan fingerprint density at radius 1 is 1.32 bits per heavy atom. The second kappa shape index (κ2) is 6.35. The van der Waals surface area contributed by atoms with Crippen molar-refractivity contribution in [3.8, 4) is 5.75 Å². The molecule has 0 fully saturated rings. The Kier molecular flexibility index (Phi) is 5.56. The number of benzene rings is 1. The predicted molar refractivity (Wildman–Crippen MR) is 74.5 cm³/mol. The number of alkyl halides is 4. The van der Waals surface area contributed by atoms with Crippen LogP contribution in [0.5, 0.6) is 5.75 Å². The molecule has 0 heterocycles. The third-order valence-electron chi connectivity index (χ3n) is 2.66. The zero-order valence-corrected chi connectivity index (χ0v) is 13.2. The van der Waals surface area contributed by atoms with E-state index < -0.39 is 17.6 Å². The van der Waals surface area contributed by atoms with Crippen molar-refractivity contribution >= 4 is 27.5 Å². The number of hydrogen-bond donors (Lipinski definition) is 0. The molecule has 0 aliphatic rings. The average Bonchev–Trinajstić information content (AvgIpc) is 2.25. The van der Waals surface area contributed by atoms with E-state index in [0.29, 0.717) is 10.8 Å². The van der Waals surface area contributed by atoms with Crippen molar-refractivity contribution in [3.05, 3.63) is 28.3 Å². The Hall–Kier alpha value is -0.420. The van der Waals surface area contributed by atoms with Gasteiger partial charge in [0.2, 0.25) is 0 Å². The summed E-state index contributed by atoms with van der Waals surface area (Å²) in [6.07, 6.45) is -4.32. The van der Waals surface area contributed by atoms with Crippen LogP contribution in [0.3, 0.4) is 0 Å². The molecule has 0 N–H and O–H groups in total. The van der Waals surface area contributed by atoms with Crippen molar-refractivity contribution in [3.63, 3.8) is 0 Å². The van der Waals surface area contributed by atoms with Gasteiger partial charge in [-0.25, -0.2) is 0 Å². The normalized spacial score (nSPS) is 13.7. The number of hydrogen-bond acceptors (Lipinski definition) is 1. The molecule has 1 atom stereocenters. The SMILES string of the molecule is Cc1cc(Cl)c(C(C)C)cc1OCC(Br)C(F)(F)F. The molecule has 1 aromatic carbocycles. The molecule has 1 nitrogen and oxygen atoms in total. The van der Waals surface area contributed by atoms with Crippen molar-refractivity contribution in [1.82, 2.24) is 0 Å². The lowest BCUT2D eigenvalue weighted by Gasteiger charge is -2.18. The topological polar surface area (TPSA) is 9.23 Å². The molecule has 0 aromatic heterocycles. The Morgan fingerprint density at radius 3 is 2.37 bits per heavy atom. The van der Waals surface area contributed by atoms with Crippen LogP contribution in [0.1, 0.15) is 30.9 Å². The smallest absolute Gasteiger partial charge is 0.404 e. The molecule has 0 aliphatic heterocycles. The Labute approximate surface area is 124 Å². The number of aryl methyl sites for hydroxylation is 1. The minimum Gasteiger partial charge on any atom is -0.492 e. The lowest BCUT2D eigenvalue weighted by Crippen LogP contribution is -2.29. The summed E-state index contributed by atoms with van der Waals surface area (Å²) in [7, 11) is 0. The number of halogens is 5. The van der Waals surface area contributed by atoms with Gasteiger partial charge in [0, 0.05) is 5.02 Å². The molecule has 0 saturated carbocycles. The molecular formula is C13H15BrClF3O. The molecular weight excluding hydrogens is 344 g/mol. The first kappa shape index (κ1) is 16.6. The maximum Gasteiger partial charge on any atom is 0.404 e. The Balaban J connectivity index is 2.87. The largest absolute Gasteiger partial charge is 0.492 e. The van der Waals surface area contributed by atoms with Crippen molar-refractivity contribution in [2.45, 2.75) is 37.7 Å². The monoisotopic (exact) mass is 358 g/mol. The van der Waals surface area contributed by atoms with Crippen molar-refractivity contribution in [1.29, 1.82) is 0 Å². The minimum atomic E-state index is -4.32. The summed E-state index contributed by atoms with van der Waals surface area (Å²) in [4.78, 5) is -1.68. The highest BCUT2D eigenvalue weighted by atomic mass is 79.9. The lowest BCUT2D eigenvalue weighted by molar-refractivity contribution is -0.132. The Morgan fingerprint density at radius 2 is 1.89 bits per heavy atom. The van der Waals surface area contributed by atoms with E-state index in [4.69, 9.17) is 16.3 Å². The molecule has 1 rings (SSSR count). The molecule has 0 bridgehead atoms. The van der Waals surface area contributed by atoms with Crippen molar-refractivity contribution in [2.75, 3.05) is 6.61 Å². The fraction of sp³-hybridized carbons (Fsp3) is 0.538. The van der Waals surface area contributed by atoms with Crippen LogP contribution in [-0.4, -0.2) is 17.6 Å². The number of rotatable bonds is 4. The van der Waals surface area contributed by atoms with Gasteiger partial charge in [-0.3, -0.25) is 0 Å². The highest BCUT2D eigenvalue weighted by Crippen LogP contribution is 2.33. The first-order chi connectivity index (χ1) is 8.62. The zero-order valence-electron chi connectivity index (χ0n) is 10.8. The molecule has 0 radical (unpaired) electrons. The summed E-state index contributed by atoms with van der Waals surface area (Å²) in [5.41, 5.74) is 1.58. The van der Waals surface area contributed by atoms with Crippen LogP contribution in [0.2, 0.25) is 5.02 Å². The maximum absolute atomic E-state index is 12.4. The van der Waals surface area contributed by atoms with E-state index in [-0.39, 0.29) is 5.92 Å². The summed E-state index contributed by atoms with van der Waals surface area (Å²) in [5.74, 6) is 0.611. The van der Waals surface area contributed by atoms with Gasteiger partial charge in [0.05, 0.1) is 0 Å². The van der Waals surface area contributed by atoms with Gasteiger partial charge in [-0.1, -0.05) is 41.4 Å². The lowest BCUT2D eigenvalue weighted by atomic mass is 10.0. The van der Waals surface area contributed by atoms with Crippen molar-refractivity contribution in [2.24, 2.45) is 0 Å². The van der Waals surface area contributed by atoms with E-state index in [2.05, 4.69) is 15.9 Å². The molecule has 0 aliphatic carbocycles. The van der Waals surface area contributed by atoms with Crippen LogP contribution in [0, 0.1) is 6.92 Å². The van der Waals surface area contributed by atoms with E-state index in [1.165, 1.54) is 0 Å². The van der Waals surface area contributed by atoms with Gasteiger partial charge in [0.1, 0.15) is 17.2 Å². The second-order valence-corrected chi connectivity index (χ2v) is 6.13. The minimum absolute atomic E-state index is 0.179. The summed E-state index contributed by atoms with van der Waals surface area (Å²) >= 11 is 8.65. The van der Waals surface area contributed by atoms with Crippen LogP contribution < -0.4 is 4.74 Å². The number of ether oxygens (including phenoxy) is 1. The highest BCUT2D eigenvalue weighted by molar-refractivity contribution is 9.09. The van der Waals surface area contributed by atoms with E-state index in [0.717, 1.165) is 11.1 Å². The van der Waals surface area contributed by atoms with Crippen LogP contribution in [0.15, 0.2) is 12.1 Å². The van der Waals surface area contributed by atoms with E-state index in [9.17, 15) is 13.2 Å². The molecule has 0 spiro atoms. The second-order valence-electron chi connectivity index (χ2n) is 4.61. The van der Waals surface area contributed by atoms with Gasteiger partial charge in [-0.05, 0) is 36.1 Å². The van der Waals surface area contributed by atoms with Crippen LogP contribution in [-0.2, 0) is 0 Å². The standard InChI is InChI=1S/C13H15BrClF3O/c1-7(2)9-5-11(8(3)4-10(9)15)19-6-12(14)13(16,17)18/h4-5,7,12H,6H2,1-3H3. The fourth-order valence-corrected chi connectivity index (χ4v) is 2.09. The molecule has 0 saturated heterocycles. The van der Waals surface area contributed by atoms with Gasteiger partial charge in [0.25, 0.3) is 0 Å². The fourth-order valence-electron chi connectivity index (χ4n) is 1.52. The maximum atomic E-state index is 12.4. The predicted octanol–water partition coefficient (Wildman–Crippen LogP) is 5.48. The molecule has 6 heteroatoms. The third kappa shape index (κ3) is 4.56. The van der Waals surface area contributed by atoms with Crippen LogP contribution in [0.25, 0.3) is 0 Å². The van der Waals surface area contributed by atoms with E-state index in [1.807, 2.05) is 13.8 Å². The zero-order chi connectivity index (χ0) is 14.8. The van der Waals surface area contributed by atoms with Crippen molar-refractivity contribution < 1.29 is 17.9 Å². The van der Waals surface area contributed by atoms with Gasteiger partial charge >= 0.3 is 6.18 Å². The summed E-state index contributed by atoms with van der Waals surface area (Å²) in [6, 6.07) is 3.42. The summed E-state index contributed by atoms with van der Waals surface area (Å²) in [5, 5.41) is 0.603. The highest BCUT2D eigenvalue weighted by Gasteiger charge is 2.38. The molecule has 19 heavy (non-hydrogen) atoms. The van der Waals surface area contributed by atoms with Crippen LogP contribution >= 0.6 is 27.5 Å². The average molecular weight is 360 g/mol. The molecule has 0 amide bonds. The molecule has 108 valence electrons. The van der Waals surface area contributed by atoms with Crippen LogP contribution in [0.4, 0.5) is 13.2 Å². The van der Waals surface area contributed by atoms with Gasteiger partial charge in [-0.2, -0.15) is 13.2 Å². The van der Waals surface area contributed by atoms with Gasteiger partial charge in [-0.15, -0.1) is 0 Å². The first-order valence-corrected chi connectivity index (χ1v) is 7.06. The summed E-state index contributed by atoms with van der Waals surface area (Å²) in [6.45, 7) is 5.21. The van der Waals surface area contributed by atoms with Gasteiger partial charge < -0.3 is 4.74 Å². The molecule has 1 unspecified atom stereocenters. The van der Waals surface area contributed by atoms with E-state index >= 15 is 0 Å². The summed E-state index contributed by atoms with van der Waals surface area (Å²) < 4.78 is 42.4.